The molecule has 140 valence electrons. The third-order valence-corrected chi connectivity index (χ3v) is 6.71. The van der Waals surface area contributed by atoms with Crippen LogP contribution in [0.4, 0.5) is 5.69 Å². The normalized spacial score (nSPS) is 16.5. The molecule has 0 bridgehead atoms. The summed E-state index contributed by atoms with van der Waals surface area (Å²) >= 11 is 8.88. The molecule has 3 aromatic heterocycles. The smallest absolute Gasteiger partial charge is 0.263 e. The van der Waals surface area contributed by atoms with Crippen LogP contribution >= 0.6 is 34.7 Å². The Hall–Kier alpha value is -2.42. The average molecular weight is 428 g/mol. The molecule has 1 aliphatic rings. The largest absolute Gasteiger partial charge is 0.381 e. The molecule has 0 spiro atoms. The Kier molecular flexibility index (Phi) is 4.34. The number of amides is 1. The average Bonchev–Trinajstić information content (AvgIpc) is 2.99. The summed E-state index contributed by atoms with van der Waals surface area (Å²) < 4.78 is 1.07. The minimum absolute atomic E-state index is 0.0253. The molecule has 1 atom stereocenters. The van der Waals surface area contributed by atoms with E-state index in [-0.39, 0.29) is 11.9 Å². The van der Waals surface area contributed by atoms with E-state index in [0.29, 0.717) is 11.7 Å². The number of nitrogens with zero attached hydrogens (tertiary/aromatic N) is 3. The lowest BCUT2D eigenvalue weighted by Gasteiger charge is -2.10. The first kappa shape index (κ1) is 17.7. The predicted molar refractivity (Wildman–Crippen MR) is 114 cm³/mol. The highest BCUT2D eigenvalue weighted by Crippen LogP contribution is 2.41. The molecule has 2 N–H and O–H groups in total. The van der Waals surface area contributed by atoms with Crippen LogP contribution in [0.25, 0.3) is 21.0 Å². The molecule has 4 heterocycles. The van der Waals surface area contributed by atoms with Crippen molar-refractivity contribution in [2.75, 3.05) is 11.9 Å². The van der Waals surface area contributed by atoms with Gasteiger partial charge in [0.15, 0.2) is 0 Å². The first-order valence-electron chi connectivity index (χ1n) is 8.65. The molecule has 0 unspecified atom stereocenters. The SMILES string of the molecule is C[C@H]1CNc2c(sc3ccc4nc(Sc5cc(Cl)ncn5)ccc4c23)C(=O)N1. The van der Waals surface area contributed by atoms with E-state index in [9.17, 15) is 4.79 Å². The highest BCUT2D eigenvalue weighted by molar-refractivity contribution is 7.99. The molecule has 4 aromatic rings. The van der Waals surface area contributed by atoms with Crippen molar-refractivity contribution in [3.05, 3.63) is 46.7 Å². The maximum absolute atomic E-state index is 12.5. The number of nitrogens with one attached hydrogen (secondary N) is 2. The summed E-state index contributed by atoms with van der Waals surface area (Å²) in [4.78, 5) is 26.1. The van der Waals surface area contributed by atoms with E-state index in [4.69, 9.17) is 16.6 Å². The van der Waals surface area contributed by atoms with Crippen LogP contribution in [0.2, 0.25) is 5.15 Å². The van der Waals surface area contributed by atoms with Crippen LogP contribution in [0.5, 0.6) is 0 Å². The fraction of sp³-hybridized carbons (Fsp3) is 0.158. The summed E-state index contributed by atoms with van der Waals surface area (Å²) in [5.41, 5.74) is 1.77. The topological polar surface area (TPSA) is 79.8 Å². The number of hydrogen-bond donors (Lipinski definition) is 2. The van der Waals surface area contributed by atoms with E-state index in [2.05, 4.69) is 26.7 Å². The Bertz CT molecular complexity index is 1240. The second kappa shape index (κ2) is 6.88. The van der Waals surface area contributed by atoms with Gasteiger partial charge < -0.3 is 10.6 Å². The minimum atomic E-state index is -0.0253. The summed E-state index contributed by atoms with van der Waals surface area (Å²) in [6, 6.07) is 9.83. The zero-order chi connectivity index (χ0) is 19.3. The van der Waals surface area contributed by atoms with Crippen molar-refractivity contribution in [2.24, 2.45) is 0 Å². The lowest BCUT2D eigenvalue weighted by molar-refractivity contribution is 0.0949. The second-order valence-electron chi connectivity index (χ2n) is 6.50. The molecule has 1 amide bonds. The van der Waals surface area contributed by atoms with Gasteiger partial charge in [0, 0.05) is 34.1 Å². The van der Waals surface area contributed by atoms with Gasteiger partial charge in [-0.05, 0) is 43.0 Å². The number of benzene rings is 1. The summed E-state index contributed by atoms with van der Waals surface area (Å²) in [6.07, 6.45) is 1.44. The van der Waals surface area contributed by atoms with Gasteiger partial charge in [-0.2, -0.15) is 0 Å². The fourth-order valence-electron chi connectivity index (χ4n) is 3.24. The standard InChI is InChI=1S/C19H14ClN5OS2/c1-9-7-21-17-16-10-2-5-14(28-15-6-13(20)22-8-23-15)25-11(10)3-4-12(16)27-18(17)19(26)24-9/h2-6,8-9,21H,7H2,1H3,(H,24,26)/t9-/m0/s1. The lowest BCUT2D eigenvalue weighted by atomic mass is 10.1. The van der Waals surface area contributed by atoms with E-state index in [1.165, 1.54) is 29.4 Å². The van der Waals surface area contributed by atoms with Gasteiger partial charge in [0.05, 0.1) is 11.2 Å². The molecule has 1 aromatic carbocycles. The van der Waals surface area contributed by atoms with Crippen molar-refractivity contribution in [1.29, 1.82) is 0 Å². The van der Waals surface area contributed by atoms with Crippen LogP contribution < -0.4 is 10.6 Å². The molecule has 5 rings (SSSR count). The molecule has 28 heavy (non-hydrogen) atoms. The summed E-state index contributed by atoms with van der Waals surface area (Å²) in [5, 5.41) is 10.5. The Morgan fingerprint density at radius 1 is 1.21 bits per heavy atom. The number of pyridine rings is 1. The van der Waals surface area contributed by atoms with Gasteiger partial charge >= 0.3 is 0 Å². The molecule has 0 saturated heterocycles. The van der Waals surface area contributed by atoms with Gasteiger partial charge in [-0.25, -0.2) is 15.0 Å². The van der Waals surface area contributed by atoms with Gasteiger partial charge in [0.2, 0.25) is 0 Å². The Balaban J connectivity index is 1.62. The van der Waals surface area contributed by atoms with Crippen LogP contribution in [0.15, 0.2) is 46.7 Å². The van der Waals surface area contributed by atoms with Crippen molar-refractivity contribution < 1.29 is 4.79 Å². The quantitative estimate of drug-likeness (QED) is 0.455. The number of carbonyl (C=O) groups excluding carboxylic acids is 1. The number of anilines is 1. The van der Waals surface area contributed by atoms with Crippen LogP contribution in [-0.2, 0) is 0 Å². The number of rotatable bonds is 2. The lowest BCUT2D eigenvalue weighted by Crippen LogP contribution is -2.34. The van der Waals surface area contributed by atoms with Crippen LogP contribution in [0, 0.1) is 0 Å². The number of fused-ring (bicyclic) bond motifs is 5. The van der Waals surface area contributed by atoms with Crippen molar-refractivity contribution >= 4 is 67.3 Å². The third kappa shape index (κ3) is 3.07. The monoisotopic (exact) mass is 427 g/mol. The first-order valence-corrected chi connectivity index (χ1v) is 10.7. The van der Waals surface area contributed by atoms with Crippen molar-refractivity contribution in [3.8, 4) is 0 Å². The third-order valence-electron chi connectivity index (χ3n) is 4.48. The molecule has 0 radical (unpaired) electrons. The Labute approximate surface area is 173 Å². The van der Waals surface area contributed by atoms with Crippen LogP contribution in [0.3, 0.4) is 0 Å². The van der Waals surface area contributed by atoms with E-state index in [1.54, 1.807) is 6.07 Å². The molecule has 9 heteroatoms. The number of halogens is 1. The molecule has 6 nitrogen and oxygen atoms in total. The Morgan fingerprint density at radius 3 is 2.96 bits per heavy atom. The van der Waals surface area contributed by atoms with Crippen molar-refractivity contribution in [2.45, 2.75) is 23.0 Å². The number of aromatic nitrogens is 3. The molecular formula is C19H14ClN5OS2. The van der Waals surface area contributed by atoms with Crippen molar-refractivity contribution in [3.63, 3.8) is 0 Å². The Morgan fingerprint density at radius 2 is 2.11 bits per heavy atom. The van der Waals surface area contributed by atoms with Crippen LogP contribution in [-0.4, -0.2) is 33.4 Å². The van der Waals surface area contributed by atoms with Crippen molar-refractivity contribution in [1.82, 2.24) is 20.3 Å². The summed E-state index contributed by atoms with van der Waals surface area (Å²) in [5.74, 6) is -0.0253. The van der Waals surface area contributed by atoms with Gasteiger partial charge in [-0.1, -0.05) is 11.6 Å². The van der Waals surface area contributed by atoms with Gasteiger partial charge in [-0.15, -0.1) is 11.3 Å². The molecule has 0 fully saturated rings. The van der Waals surface area contributed by atoms with Gasteiger partial charge in [0.25, 0.3) is 5.91 Å². The fourth-order valence-corrected chi connectivity index (χ4v) is 5.32. The van der Waals surface area contributed by atoms with E-state index in [0.717, 1.165) is 41.6 Å². The number of hydrogen-bond acceptors (Lipinski definition) is 7. The predicted octanol–water partition coefficient (Wildman–Crippen LogP) is 4.59. The number of thiophene rings is 1. The maximum Gasteiger partial charge on any atom is 0.263 e. The number of carbonyl (C=O) groups is 1. The zero-order valence-electron chi connectivity index (χ0n) is 14.7. The first-order chi connectivity index (χ1) is 13.6. The van der Waals surface area contributed by atoms with E-state index >= 15 is 0 Å². The van der Waals surface area contributed by atoms with E-state index < -0.39 is 0 Å². The zero-order valence-corrected chi connectivity index (χ0v) is 17.1. The highest BCUT2D eigenvalue weighted by atomic mass is 35.5. The summed E-state index contributed by atoms with van der Waals surface area (Å²) in [7, 11) is 0. The minimum Gasteiger partial charge on any atom is -0.381 e. The van der Waals surface area contributed by atoms with Gasteiger partial charge in [-0.3, -0.25) is 4.79 Å². The second-order valence-corrected chi connectivity index (χ2v) is 8.98. The van der Waals surface area contributed by atoms with Crippen LogP contribution in [0.1, 0.15) is 16.6 Å². The van der Waals surface area contributed by atoms with E-state index in [1.807, 2.05) is 25.1 Å². The highest BCUT2D eigenvalue weighted by Gasteiger charge is 2.24. The van der Waals surface area contributed by atoms with Gasteiger partial charge in [0.1, 0.15) is 26.4 Å². The molecular weight excluding hydrogens is 414 g/mol. The maximum atomic E-state index is 12.5. The molecule has 0 aliphatic carbocycles. The summed E-state index contributed by atoms with van der Waals surface area (Å²) in [6.45, 7) is 2.68. The molecule has 1 aliphatic heterocycles. The molecule has 0 saturated carbocycles.